The monoisotopic (exact) mass is 324 g/mol. The van der Waals surface area contributed by atoms with Crippen LogP contribution in [0.1, 0.15) is 10.4 Å². The molecule has 1 N–H and O–H groups in total. The first-order valence-electron chi connectivity index (χ1n) is 6.93. The van der Waals surface area contributed by atoms with Crippen LogP contribution in [0.2, 0.25) is 4.34 Å². The predicted molar refractivity (Wildman–Crippen MR) is 91.5 cm³/mol. The summed E-state index contributed by atoms with van der Waals surface area (Å²) >= 11 is 7.60. The molecule has 3 nitrogen and oxygen atoms in total. The van der Waals surface area contributed by atoms with Gasteiger partial charge in [0.15, 0.2) is 0 Å². The van der Waals surface area contributed by atoms with Gasteiger partial charge in [0, 0.05) is 37.8 Å². The molecule has 0 saturated carbocycles. The van der Waals surface area contributed by atoms with Crippen molar-refractivity contribution in [2.24, 2.45) is 0 Å². The van der Waals surface area contributed by atoms with Gasteiger partial charge < -0.3 is 15.0 Å². The summed E-state index contributed by atoms with van der Waals surface area (Å²) in [5, 5.41) is 3.34. The fraction of sp³-hybridized carbons (Fsp3) is 0.375. The molecule has 2 aromatic rings. The maximum absolute atomic E-state index is 5.97. The summed E-state index contributed by atoms with van der Waals surface area (Å²) in [6, 6.07) is 12.7. The first kappa shape index (κ1) is 16.3. The van der Waals surface area contributed by atoms with E-state index < -0.39 is 0 Å². The maximum Gasteiger partial charge on any atom is 0.0931 e. The second-order valence-corrected chi connectivity index (χ2v) is 6.70. The van der Waals surface area contributed by atoms with Crippen molar-refractivity contribution in [2.75, 3.05) is 32.2 Å². The van der Waals surface area contributed by atoms with Crippen molar-refractivity contribution in [3.05, 3.63) is 51.2 Å². The number of nitrogens with zero attached hydrogens (tertiary/aromatic N) is 1. The van der Waals surface area contributed by atoms with Crippen LogP contribution in [0.15, 0.2) is 36.4 Å². The highest BCUT2D eigenvalue weighted by molar-refractivity contribution is 7.16. The Hall–Kier alpha value is -1.07. The number of benzene rings is 1. The number of methoxy groups -OCH3 is 1. The maximum atomic E-state index is 5.97. The Kier molecular flexibility index (Phi) is 6.51. The molecule has 0 atom stereocenters. The predicted octanol–water partition coefficient (Wildman–Crippen LogP) is 3.77. The van der Waals surface area contributed by atoms with E-state index in [1.807, 2.05) is 6.07 Å². The van der Waals surface area contributed by atoms with Gasteiger partial charge in [-0.1, -0.05) is 23.7 Å². The Morgan fingerprint density at radius 2 is 1.95 bits per heavy atom. The van der Waals surface area contributed by atoms with E-state index in [4.69, 9.17) is 16.3 Å². The molecular weight excluding hydrogens is 304 g/mol. The Balaban J connectivity index is 1.86. The van der Waals surface area contributed by atoms with Crippen molar-refractivity contribution in [3.8, 4) is 0 Å². The van der Waals surface area contributed by atoms with Crippen LogP contribution in [0.4, 0.5) is 5.69 Å². The fourth-order valence-corrected chi connectivity index (χ4v) is 3.18. The molecule has 0 spiro atoms. The van der Waals surface area contributed by atoms with E-state index in [1.165, 1.54) is 16.1 Å². The molecule has 5 heteroatoms. The first-order valence-corrected chi connectivity index (χ1v) is 8.12. The van der Waals surface area contributed by atoms with Gasteiger partial charge in [-0.3, -0.25) is 0 Å². The minimum atomic E-state index is 0.740. The molecule has 0 fully saturated rings. The zero-order chi connectivity index (χ0) is 15.1. The van der Waals surface area contributed by atoms with E-state index in [9.17, 15) is 0 Å². The third-order valence-electron chi connectivity index (χ3n) is 3.21. The molecule has 0 amide bonds. The Morgan fingerprint density at radius 1 is 1.19 bits per heavy atom. The number of anilines is 1. The lowest BCUT2D eigenvalue weighted by Gasteiger charge is -2.18. The third kappa shape index (κ3) is 5.32. The summed E-state index contributed by atoms with van der Waals surface area (Å²) in [5.41, 5.74) is 2.49. The minimum absolute atomic E-state index is 0.740. The number of rotatable bonds is 8. The van der Waals surface area contributed by atoms with Gasteiger partial charge in [-0.25, -0.2) is 0 Å². The second-order valence-electron chi connectivity index (χ2n) is 4.90. The quantitative estimate of drug-likeness (QED) is 0.748. The van der Waals surface area contributed by atoms with Crippen molar-refractivity contribution in [2.45, 2.75) is 13.1 Å². The number of thiophene rings is 1. The van der Waals surface area contributed by atoms with Crippen molar-refractivity contribution in [1.82, 2.24) is 5.32 Å². The van der Waals surface area contributed by atoms with Gasteiger partial charge in [-0.2, -0.15) is 0 Å². The number of nitrogens with one attached hydrogen (secondary N) is 1. The van der Waals surface area contributed by atoms with Gasteiger partial charge in [-0.15, -0.1) is 11.3 Å². The molecule has 0 unspecified atom stereocenters. The molecule has 0 aliphatic rings. The number of hydrogen-bond donors (Lipinski definition) is 1. The molecule has 0 aliphatic carbocycles. The van der Waals surface area contributed by atoms with Crippen molar-refractivity contribution < 1.29 is 4.74 Å². The van der Waals surface area contributed by atoms with Crippen LogP contribution in [-0.4, -0.2) is 27.3 Å². The first-order chi connectivity index (χ1) is 10.2. The average Bonchev–Trinajstić information content (AvgIpc) is 2.89. The summed E-state index contributed by atoms with van der Waals surface area (Å²) < 4.78 is 5.85. The lowest BCUT2D eigenvalue weighted by atomic mass is 10.2. The van der Waals surface area contributed by atoms with Gasteiger partial charge >= 0.3 is 0 Å². The number of ether oxygens (including phenoxy) is 1. The van der Waals surface area contributed by atoms with Crippen LogP contribution in [-0.2, 0) is 17.8 Å². The Morgan fingerprint density at radius 3 is 2.57 bits per heavy atom. The lowest BCUT2D eigenvalue weighted by Crippen LogP contribution is -2.19. The van der Waals surface area contributed by atoms with E-state index >= 15 is 0 Å². The fourth-order valence-electron chi connectivity index (χ4n) is 2.04. The summed E-state index contributed by atoms with van der Waals surface area (Å²) in [4.78, 5) is 3.50. The topological polar surface area (TPSA) is 24.5 Å². The van der Waals surface area contributed by atoms with Crippen molar-refractivity contribution in [1.29, 1.82) is 0 Å². The average molecular weight is 325 g/mol. The molecule has 0 radical (unpaired) electrons. The van der Waals surface area contributed by atoms with Crippen LogP contribution in [0.3, 0.4) is 0 Å². The van der Waals surface area contributed by atoms with E-state index in [0.29, 0.717) is 0 Å². The lowest BCUT2D eigenvalue weighted by molar-refractivity contribution is 0.199. The SMILES string of the molecule is COCCNCc1ccc(N(C)Cc2ccc(Cl)s2)cc1. The second kappa shape index (κ2) is 8.39. The molecule has 1 aromatic heterocycles. The van der Waals surface area contributed by atoms with E-state index in [-0.39, 0.29) is 0 Å². The van der Waals surface area contributed by atoms with Gasteiger partial charge in [0.05, 0.1) is 17.5 Å². The zero-order valence-corrected chi connectivity index (χ0v) is 14.0. The molecule has 2 rings (SSSR count). The van der Waals surface area contributed by atoms with Crippen LogP contribution in [0.5, 0.6) is 0 Å². The van der Waals surface area contributed by atoms with E-state index in [0.717, 1.165) is 30.6 Å². The molecular formula is C16H21ClN2OS. The highest BCUT2D eigenvalue weighted by atomic mass is 35.5. The summed E-state index contributed by atoms with van der Waals surface area (Å²) in [5.74, 6) is 0. The highest BCUT2D eigenvalue weighted by Crippen LogP contribution is 2.24. The standard InChI is InChI=1S/C16H21ClN2OS/c1-19(12-15-7-8-16(17)21-15)14-5-3-13(4-6-14)11-18-9-10-20-2/h3-8,18H,9-12H2,1-2H3. The Labute approximate surface area is 135 Å². The van der Waals surface area contributed by atoms with Gasteiger partial charge in [0.2, 0.25) is 0 Å². The number of halogens is 1. The summed E-state index contributed by atoms with van der Waals surface area (Å²) in [7, 11) is 3.81. The third-order valence-corrected chi connectivity index (χ3v) is 4.43. The van der Waals surface area contributed by atoms with Gasteiger partial charge in [0.25, 0.3) is 0 Å². The zero-order valence-electron chi connectivity index (χ0n) is 12.4. The highest BCUT2D eigenvalue weighted by Gasteiger charge is 2.04. The summed E-state index contributed by atoms with van der Waals surface area (Å²) in [6.07, 6.45) is 0. The van der Waals surface area contributed by atoms with Gasteiger partial charge in [-0.05, 0) is 29.8 Å². The molecule has 0 saturated heterocycles. The molecule has 1 aromatic carbocycles. The van der Waals surface area contributed by atoms with Gasteiger partial charge in [0.1, 0.15) is 0 Å². The van der Waals surface area contributed by atoms with Crippen molar-refractivity contribution >= 4 is 28.6 Å². The number of hydrogen-bond acceptors (Lipinski definition) is 4. The molecule has 1 heterocycles. The molecule has 0 bridgehead atoms. The van der Waals surface area contributed by atoms with E-state index in [2.05, 4.69) is 47.6 Å². The van der Waals surface area contributed by atoms with Crippen LogP contribution >= 0.6 is 22.9 Å². The van der Waals surface area contributed by atoms with Crippen LogP contribution < -0.4 is 10.2 Å². The smallest absolute Gasteiger partial charge is 0.0931 e. The Bertz CT molecular complexity index is 541. The molecule has 21 heavy (non-hydrogen) atoms. The summed E-state index contributed by atoms with van der Waals surface area (Å²) in [6.45, 7) is 3.36. The van der Waals surface area contributed by atoms with Crippen LogP contribution in [0.25, 0.3) is 0 Å². The molecule has 114 valence electrons. The van der Waals surface area contributed by atoms with E-state index in [1.54, 1.807) is 18.4 Å². The van der Waals surface area contributed by atoms with Crippen LogP contribution in [0, 0.1) is 0 Å². The largest absolute Gasteiger partial charge is 0.383 e. The van der Waals surface area contributed by atoms with Crippen molar-refractivity contribution in [3.63, 3.8) is 0 Å². The normalized spacial score (nSPS) is 10.8. The minimum Gasteiger partial charge on any atom is -0.383 e. The molecule has 0 aliphatic heterocycles.